The van der Waals surface area contributed by atoms with Crippen LogP contribution >= 0.6 is 0 Å². The third-order valence-corrected chi connectivity index (χ3v) is 3.63. The van der Waals surface area contributed by atoms with Gasteiger partial charge in [-0.1, -0.05) is 30.3 Å². The summed E-state index contributed by atoms with van der Waals surface area (Å²) in [6.07, 6.45) is 2.83. The normalized spacial score (nSPS) is 10.4. The SMILES string of the molecule is Cc1nc(-c2ccccc2)ncc1C(=O)NCc1cn[nH]c1C(=O)O. The van der Waals surface area contributed by atoms with Gasteiger partial charge in [0.2, 0.25) is 0 Å². The Morgan fingerprint density at radius 1 is 1.20 bits per heavy atom. The third kappa shape index (κ3) is 3.52. The molecule has 0 atom stereocenters. The van der Waals surface area contributed by atoms with Crippen molar-refractivity contribution in [3.63, 3.8) is 0 Å². The Kier molecular flexibility index (Phi) is 4.51. The molecule has 3 rings (SSSR count). The first-order chi connectivity index (χ1) is 12.1. The van der Waals surface area contributed by atoms with Gasteiger partial charge >= 0.3 is 5.97 Å². The van der Waals surface area contributed by atoms with Crippen molar-refractivity contribution >= 4 is 11.9 Å². The lowest BCUT2D eigenvalue weighted by Crippen LogP contribution is -2.25. The molecule has 8 nitrogen and oxygen atoms in total. The van der Waals surface area contributed by atoms with E-state index in [1.165, 1.54) is 12.4 Å². The van der Waals surface area contributed by atoms with Gasteiger partial charge in [0.1, 0.15) is 5.69 Å². The van der Waals surface area contributed by atoms with Crippen LogP contribution in [0.3, 0.4) is 0 Å². The topological polar surface area (TPSA) is 121 Å². The minimum absolute atomic E-state index is 0.0385. The van der Waals surface area contributed by atoms with Crippen molar-refractivity contribution in [3.05, 3.63) is 65.2 Å². The van der Waals surface area contributed by atoms with E-state index in [9.17, 15) is 9.59 Å². The molecular formula is C17H15N5O3. The number of amides is 1. The lowest BCUT2D eigenvalue weighted by molar-refractivity contribution is 0.0688. The number of aromatic amines is 1. The first-order valence-corrected chi connectivity index (χ1v) is 7.49. The molecule has 8 heteroatoms. The first-order valence-electron chi connectivity index (χ1n) is 7.49. The maximum Gasteiger partial charge on any atom is 0.354 e. The molecule has 0 aliphatic carbocycles. The van der Waals surface area contributed by atoms with E-state index in [1.807, 2.05) is 30.3 Å². The molecule has 0 saturated heterocycles. The molecule has 0 radical (unpaired) electrons. The van der Waals surface area contributed by atoms with Gasteiger partial charge in [-0.25, -0.2) is 14.8 Å². The van der Waals surface area contributed by atoms with E-state index in [2.05, 4.69) is 25.5 Å². The van der Waals surface area contributed by atoms with Crippen molar-refractivity contribution in [1.82, 2.24) is 25.5 Å². The Morgan fingerprint density at radius 3 is 2.64 bits per heavy atom. The first kappa shape index (κ1) is 16.3. The number of carbonyl (C=O) groups is 2. The number of hydrogen-bond donors (Lipinski definition) is 3. The Labute approximate surface area is 143 Å². The molecule has 0 saturated carbocycles. The summed E-state index contributed by atoms with van der Waals surface area (Å²) >= 11 is 0. The smallest absolute Gasteiger partial charge is 0.354 e. The molecule has 0 bridgehead atoms. The summed E-state index contributed by atoms with van der Waals surface area (Å²) in [4.78, 5) is 31.9. The average molecular weight is 337 g/mol. The number of aromatic nitrogens is 4. The Bertz CT molecular complexity index is 921. The molecule has 2 heterocycles. The van der Waals surface area contributed by atoms with Crippen molar-refractivity contribution in [2.45, 2.75) is 13.5 Å². The van der Waals surface area contributed by atoms with Gasteiger partial charge in [0.05, 0.1) is 17.5 Å². The Balaban J connectivity index is 1.74. The van der Waals surface area contributed by atoms with Crippen LogP contribution in [0.5, 0.6) is 0 Å². The third-order valence-electron chi connectivity index (χ3n) is 3.63. The minimum Gasteiger partial charge on any atom is -0.477 e. The van der Waals surface area contributed by atoms with Crippen LogP contribution in [-0.4, -0.2) is 37.1 Å². The van der Waals surface area contributed by atoms with E-state index in [4.69, 9.17) is 5.11 Å². The quantitative estimate of drug-likeness (QED) is 0.653. The van der Waals surface area contributed by atoms with Crippen LogP contribution in [0.4, 0.5) is 0 Å². The molecule has 3 aromatic rings. The highest BCUT2D eigenvalue weighted by atomic mass is 16.4. The van der Waals surface area contributed by atoms with Gasteiger partial charge in [0.15, 0.2) is 5.82 Å². The number of carboxylic acids is 1. The van der Waals surface area contributed by atoms with E-state index < -0.39 is 5.97 Å². The monoisotopic (exact) mass is 337 g/mol. The Morgan fingerprint density at radius 2 is 1.96 bits per heavy atom. The molecule has 0 spiro atoms. The van der Waals surface area contributed by atoms with Crippen molar-refractivity contribution < 1.29 is 14.7 Å². The zero-order valence-corrected chi connectivity index (χ0v) is 13.4. The predicted octanol–water partition coefficient (Wildman–Crippen LogP) is 1.80. The maximum atomic E-state index is 12.3. The number of carbonyl (C=O) groups excluding carboxylic acids is 1. The number of benzene rings is 1. The van der Waals surface area contributed by atoms with Crippen molar-refractivity contribution in [1.29, 1.82) is 0 Å². The number of carboxylic acid groups (broad SMARTS) is 1. The van der Waals surface area contributed by atoms with Gasteiger partial charge < -0.3 is 10.4 Å². The minimum atomic E-state index is -1.13. The largest absolute Gasteiger partial charge is 0.477 e. The molecular weight excluding hydrogens is 322 g/mol. The lowest BCUT2D eigenvalue weighted by atomic mass is 10.1. The summed E-state index contributed by atoms with van der Waals surface area (Å²) in [7, 11) is 0. The highest BCUT2D eigenvalue weighted by Crippen LogP contribution is 2.15. The number of aryl methyl sites for hydroxylation is 1. The van der Waals surface area contributed by atoms with Crippen LogP contribution in [0.1, 0.15) is 32.1 Å². The zero-order valence-electron chi connectivity index (χ0n) is 13.4. The van der Waals surface area contributed by atoms with E-state index in [0.29, 0.717) is 22.6 Å². The molecule has 0 aliphatic rings. The second-order valence-corrected chi connectivity index (χ2v) is 5.32. The summed E-state index contributed by atoms with van der Waals surface area (Å²) in [6, 6.07) is 9.46. The van der Waals surface area contributed by atoms with Gasteiger partial charge in [-0.05, 0) is 6.92 Å². The molecule has 1 amide bonds. The van der Waals surface area contributed by atoms with E-state index in [1.54, 1.807) is 6.92 Å². The van der Waals surface area contributed by atoms with Gasteiger partial charge in [0.25, 0.3) is 5.91 Å². The zero-order chi connectivity index (χ0) is 17.8. The molecule has 126 valence electrons. The van der Waals surface area contributed by atoms with Crippen LogP contribution in [0.2, 0.25) is 0 Å². The molecule has 25 heavy (non-hydrogen) atoms. The molecule has 0 unspecified atom stereocenters. The van der Waals surface area contributed by atoms with Crippen molar-refractivity contribution in [2.24, 2.45) is 0 Å². The second-order valence-electron chi connectivity index (χ2n) is 5.32. The molecule has 0 fully saturated rings. The van der Waals surface area contributed by atoms with E-state index >= 15 is 0 Å². The summed E-state index contributed by atoms with van der Waals surface area (Å²) in [5.41, 5.74) is 2.08. The van der Waals surface area contributed by atoms with Crippen LogP contribution in [0, 0.1) is 6.92 Å². The summed E-state index contributed by atoms with van der Waals surface area (Å²) in [6.45, 7) is 1.76. The van der Waals surface area contributed by atoms with E-state index in [0.717, 1.165) is 5.56 Å². The van der Waals surface area contributed by atoms with Gasteiger partial charge in [0, 0.05) is 23.9 Å². The van der Waals surface area contributed by atoms with Gasteiger partial charge in [-0.15, -0.1) is 0 Å². The van der Waals surface area contributed by atoms with Crippen LogP contribution < -0.4 is 5.32 Å². The average Bonchev–Trinajstić information content (AvgIpc) is 3.09. The fourth-order valence-electron chi connectivity index (χ4n) is 2.32. The predicted molar refractivity (Wildman–Crippen MR) is 88.9 cm³/mol. The second kappa shape index (κ2) is 6.91. The fourth-order valence-corrected chi connectivity index (χ4v) is 2.32. The van der Waals surface area contributed by atoms with Crippen molar-refractivity contribution in [3.8, 4) is 11.4 Å². The lowest BCUT2D eigenvalue weighted by Gasteiger charge is -2.08. The highest BCUT2D eigenvalue weighted by Gasteiger charge is 2.16. The van der Waals surface area contributed by atoms with Gasteiger partial charge in [-0.2, -0.15) is 5.10 Å². The highest BCUT2D eigenvalue weighted by molar-refractivity contribution is 5.95. The van der Waals surface area contributed by atoms with Gasteiger partial charge in [-0.3, -0.25) is 9.89 Å². The summed E-state index contributed by atoms with van der Waals surface area (Å²) in [5, 5.41) is 17.7. The standard InChI is InChI=1S/C17H15N5O3/c1-10-13(9-18-15(21-10)11-5-3-2-4-6-11)16(23)19-7-12-8-20-22-14(12)17(24)25/h2-6,8-9H,7H2,1H3,(H,19,23)(H,20,22)(H,24,25). The maximum absolute atomic E-state index is 12.3. The van der Waals surface area contributed by atoms with Crippen molar-refractivity contribution in [2.75, 3.05) is 0 Å². The summed E-state index contributed by atoms with van der Waals surface area (Å²) < 4.78 is 0. The molecule has 3 N–H and O–H groups in total. The van der Waals surface area contributed by atoms with E-state index in [-0.39, 0.29) is 18.1 Å². The number of nitrogens with zero attached hydrogens (tertiary/aromatic N) is 3. The molecule has 2 aromatic heterocycles. The van der Waals surface area contributed by atoms with Crippen LogP contribution in [0.25, 0.3) is 11.4 Å². The number of aromatic carboxylic acids is 1. The Hall–Kier alpha value is -3.55. The summed E-state index contributed by atoms with van der Waals surface area (Å²) in [5.74, 6) is -0.972. The number of rotatable bonds is 5. The number of nitrogens with one attached hydrogen (secondary N) is 2. The molecule has 1 aromatic carbocycles. The molecule has 0 aliphatic heterocycles. The van der Waals surface area contributed by atoms with Crippen LogP contribution in [0.15, 0.2) is 42.7 Å². The number of H-pyrrole nitrogens is 1. The fraction of sp³-hybridized carbons (Fsp3) is 0.118. The van der Waals surface area contributed by atoms with Crippen LogP contribution in [-0.2, 0) is 6.54 Å². The number of hydrogen-bond acceptors (Lipinski definition) is 5.